The van der Waals surface area contributed by atoms with E-state index in [0.29, 0.717) is 5.82 Å². The Morgan fingerprint density at radius 2 is 1.85 bits per heavy atom. The van der Waals surface area contributed by atoms with Crippen LogP contribution in [0.4, 0.5) is 0 Å². The van der Waals surface area contributed by atoms with Crippen LogP contribution < -0.4 is 14.8 Å². The van der Waals surface area contributed by atoms with Gasteiger partial charge >= 0.3 is 12.0 Å². The van der Waals surface area contributed by atoms with Gasteiger partial charge < -0.3 is 14.8 Å². The van der Waals surface area contributed by atoms with Crippen LogP contribution in [0.15, 0.2) is 18.6 Å². The van der Waals surface area contributed by atoms with Crippen LogP contribution in [-0.2, 0) is 6.54 Å². The largest absolute Gasteiger partial charge is 0.467 e. The van der Waals surface area contributed by atoms with E-state index in [0.717, 1.165) is 0 Å². The fourth-order valence-electron chi connectivity index (χ4n) is 1.31. The summed E-state index contributed by atoms with van der Waals surface area (Å²) in [5.41, 5.74) is 0.209. The number of carbonyl (C=O) groups is 1. The zero-order valence-corrected chi connectivity index (χ0v) is 10.9. The van der Waals surface area contributed by atoms with Gasteiger partial charge in [-0.25, -0.2) is 4.98 Å². The van der Waals surface area contributed by atoms with Gasteiger partial charge in [-0.15, -0.1) is 4.98 Å². The van der Waals surface area contributed by atoms with Gasteiger partial charge in [-0.3, -0.25) is 9.78 Å². The monoisotopic (exact) mass is 276 g/mol. The second-order valence-corrected chi connectivity index (χ2v) is 3.50. The summed E-state index contributed by atoms with van der Waals surface area (Å²) in [6.45, 7) is 0.0879. The van der Waals surface area contributed by atoms with Gasteiger partial charge in [0.2, 0.25) is 0 Å². The normalized spacial score (nSPS) is 9.90. The Bertz CT molecular complexity index is 570. The quantitative estimate of drug-likeness (QED) is 0.785. The number of hydrogen-bond donors (Lipinski definition) is 1. The van der Waals surface area contributed by atoms with E-state index in [1.165, 1.54) is 32.8 Å². The molecule has 2 rings (SSSR count). The van der Waals surface area contributed by atoms with Gasteiger partial charge in [0.15, 0.2) is 5.82 Å². The summed E-state index contributed by atoms with van der Waals surface area (Å²) in [5, 5.41) is 2.61. The van der Waals surface area contributed by atoms with Crippen molar-refractivity contribution < 1.29 is 14.3 Å². The van der Waals surface area contributed by atoms with Crippen LogP contribution in [0.3, 0.4) is 0 Å². The Balaban J connectivity index is 2.05. The summed E-state index contributed by atoms with van der Waals surface area (Å²) < 4.78 is 9.82. The third-order valence-corrected chi connectivity index (χ3v) is 2.21. The van der Waals surface area contributed by atoms with Crippen LogP contribution in [0.1, 0.15) is 16.3 Å². The van der Waals surface area contributed by atoms with Gasteiger partial charge in [0, 0.05) is 12.4 Å². The lowest BCUT2D eigenvalue weighted by atomic mass is 10.4. The molecule has 0 radical (unpaired) electrons. The lowest BCUT2D eigenvalue weighted by Gasteiger charge is -2.06. The average molecular weight is 276 g/mol. The van der Waals surface area contributed by atoms with Gasteiger partial charge in [-0.1, -0.05) is 0 Å². The highest BCUT2D eigenvalue weighted by Gasteiger charge is 2.10. The number of nitrogens with zero attached hydrogens (tertiary/aromatic N) is 5. The molecule has 2 heterocycles. The molecular formula is C11H12N6O3. The number of nitrogens with one attached hydrogen (secondary N) is 1. The van der Waals surface area contributed by atoms with E-state index in [-0.39, 0.29) is 30.2 Å². The molecular weight excluding hydrogens is 264 g/mol. The Labute approximate surface area is 114 Å². The minimum Gasteiger partial charge on any atom is -0.467 e. The van der Waals surface area contributed by atoms with Crippen molar-refractivity contribution in [2.45, 2.75) is 6.54 Å². The molecule has 0 aliphatic rings. The van der Waals surface area contributed by atoms with Crippen LogP contribution in [0.2, 0.25) is 0 Å². The summed E-state index contributed by atoms with van der Waals surface area (Å²) in [4.78, 5) is 31.3. The Morgan fingerprint density at radius 3 is 2.40 bits per heavy atom. The zero-order chi connectivity index (χ0) is 14.4. The van der Waals surface area contributed by atoms with Crippen molar-refractivity contribution in [1.29, 1.82) is 0 Å². The summed E-state index contributed by atoms with van der Waals surface area (Å²) in [5.74, 6) is -0.0672. The SMILES string of the molecule is COc1nc(CNC(=O)c2cnccn2)nc(OC)n1. The van der Waals surface area contributed by atoms with E-state index in [1.807, 2.05) is 0 Å². The molecule has 0 aromatic carbocycles. The molecule has 9 nitrogen and oxygen atoms in total. The lowest BCUT2D eigenvalue weighted by molar-refractivity contribution is 0.0944. The van der Waals surface area contributed by atoms with Gasteiger partial charge in [0.1, 0.15) is 5.69 Å². The Kier molecular flexibility index (Phi) is 4.32. The smallest absolute Gasteiger partial charge is 0.322 e. The number of ether oxygens (including phenoxy) is 2. The van der Waals surface area contributed by atoms with Crippen molar-refractivity contribution in [2.24, 2.45) is 0 Å². The minimum absolute atomic E-state index is 0.0879. The third kappa shape index (κ3) is 3.34. The van der Waals surface area contributed by atoms with Crippen LogP contribution >= 0.6 is 0 Å². The molecule has 0 saturated carbocycles. The van der Waals surface area contributed by atoms with Crippen molar-refractivity contribution in [3.63, 3.8) is 0 Å². The number of aromatic nitrogens is 5. The first-order valence-electron chi connectivity index (χ1n) is 5.60. The molecule has 0 aliphatic carbocycles. The van der Waals surface area contributed by atoms with Crippen LogP contribution in [0.25, 0.3) is 0 Å². The Morgan fingerprint density at radius 1 is 1.15 bits per heavy atom. The molecule has 0 bridgehead atoms. The average Bonchev–Trinajstić information content (AvgIpc) is 2.53. The molecule has 2 aromatic rings. The van der Waals surface area contributed by atoms with E-state index in [1.54, 1.807) is 0 Å². The molecule has 9 heteroatoms. The first-order valence-corrected chi connectivity index (χ1v) is 5.60. The minimum atomic E-state index is -0.378. The number of hydrogen-bond acceptors (Lipinski definition) is 8. The van der Waals surface area contributed by atoms with E-state index >= 15 is 0 Å². The summed E-state index contributed by atoms with van der Waals surface area (Å²) >= 11 is 0. The van der Waals surface area contributed by atoms with Gasteiger partial charge in [-0.2, -0.15) is 9.97 Å². The molecule has 0 aliphatic heterocycles. The molecule has 1 N–H and O–H groups in total. The maximum atomic E-state index is 11.8. The van der Waals surface area contributed by atoms with Gasteiger partial charge in [0.25, 0.3) is 5.91 Å². The lowest BCUT2D eigenvalue weighted by Crippen LogP contribution is -2.25. The van der Waals surface area contributed by atoms with Crippen molar-refractivity contribution in [3.05, 3.63) is 30.1 Å². The van der Waals surface area contributed by atoms with Crippen molar-refractivity contribution in [1.82, 2.24) is 30.2 Å². The number of rotatable bonds is 5. The molecule has 104 valence electrons. The number of amides is 1. The molecule has 0 atom stereocenters. The second kappa shape index (κ2) is 6.36. The summed E-state index contributed by atoms with van der Waals surface area (Å²) in [6, 6.07) is 0.223. The van der Waals surface area contributed by atoms with E-state index in [9.17, 15) is 4.79 Å². The molecule has 1 amide bonds. The Hall–Kier alpha value is -2.84. The molecule has 0 fully saturated rings. The maximum absolute atomic E-state index is 11.8. The molecule has 2 aromatic heterocycles. The molecule has 0 spiro atoms. The van der Waals surface area contributed by atoms with Crippen LogP contribution in [0.5, 0.6) is 12.0 Å². The van der Waals surface area contributed by atoms with Gasteiger partial charge in [0.05, 0.1) is 27.0 Å². The summed E-state index contributed by atoms with van der Waals surface area (Å²) in [7, 11) is 2.85. The van der Waals surface area contributed by atoms with Crippen molar-refractivity contribution in [3.8, 4) is 12.0 Å². The molecule has 0 saturated heterocycles. The molecule has 20 heavy (non-hydrogen) atoms. The second-order valence-electron chi connectivity index (χ2n) is 3.50. The third-order valence-electron chi connectivity index (χ3n) is 2.21. The maximum Gasteiger partial charge on any atom is 0.322 e. The van der Waals surface area contributed by atoms with Gasteiger partial charge in [-0.05, 0) is 0 Å². The number of carbonyl (C=O) groups excluding carboxylic acids is 1. The first-order chi connectivity index (χ1) is 9.72. The van der Waals surface area contributed by atoms with E-state index in [2.05, 4.69) is 30.2 Å². The highest BCUT2D eigenvalue weighted by atomic mass is 16.5. The highest BCUT2D eigenvalue weighted by Crippen LogP contribution is 2.08. The topological polar surface area (TPSA) is 112 Å². The van der Waals surface area contributed by atoms with Crippen LogP contribution in [0, 0.1) is 0 Å². The molecule has 0 unspecified atom stereocenters. The van der Waals surface area contributed by atoms with Crippen LogP contribution in [-0.4, -0.2) is 45.0 Å². The fraction of sp³-hybridized carbons (Fsp3) is 0.273. The first kappa shape index (κ1) is 13.6. The zero-order valence-electron chi connectivity index (χ0n) is 10.9. The predicted octanol–water partition coefficient (Wildman–Crippen LogP) is -0.391. The predicted molar refractivity (Wildman–Crippen MR) is 66.1 cm³/mol. The summed E-state index contributed by atoms with van der Waals surface area (Å²) in [6.07, 6.45) is 4.28. The number of methoxy groups -OCH3 is 2. The van der Waals surface area contributed by atoms with E-state index < -0.39 is 0 Å². The van der Waals surface area contributed by atoms with Crippen molar-refractivity contribution in [2.75, 3.05) is 14.2 Å². The van der Waals surface area contributed by atoms with Crippen molar-refractivity contribution >= 4 is 5.91 Å². The highest BCUT2D eigenvalue weighted by molar-refractivity contribution is 5.91. The fourth-order valence-corrected chi connectivity index (χ4v) is 1.31. The standard InChI is InChI=1S/C11H12N6O3/c1-19-10-15-8(16-11(17-10)20-2)6-14-9(18)7-5-12-3-4-13-7/h3-5H,6H2,1-2H3,(H,14,18). The van der Waals surface area contributed by atoms with E-state index in [4.69, 9.17) is 9.47 Å².